The van der Waals surface area contributed by atoms with Crippen LogP contribution in [0.25, 0.3) is 0 Å². The molecule has 0 unspecified atom stereocenters. The monoisotopic (exact) mass is 306 g/mol. The second kappa shape index (κ2) is 5.57. The van der Waals surface area contributed by atoms with Crippen LogP contribution in [0.3, 0.4) is 0 Å². The molecule has 0 aliphatic heterocycles. The first kappa shape index (κ1) is 15.1. The standard InChI is InChI=1S/C15H14O5S/c1-10-6-8-12(9-7-10)21(18,19)20-14-11(2)4-3-5-13(14)15(16)17/h3-9H,1-2H3,(H,16,17). The first-order chi connectivity index (χ1) is 9.81. The number of hydrogen-bond donors (Lipinski definition) is 1. The third-order valence-electron chi connectivity index (χ3n) is 2.95. The lowest BCUT2D eigenvalue weighted by Crippen LogP contribution is -2.13. The van der Waals surface area contributed by atoms with Crippen molar-refractivity contribution in [2.75, 3.05) is 0 Å². The number of carboxylic acids is 1. The van der Waals surface area contributed by atoms with E-state index in [2.05, 4.69) is 0 Å². The van der Waals surface area contributed by atoms with E-state index in [0.29, 0.717) is 5.56 Å². The number of carboxylic acid groups (broad SMARTS) is 1. The molecule has 0 saturated carbocycles. The fourth-order valence-electron chi connectivity index (χ4n) is 1.79. The largest absolute Gasteiger partial charge is 0.478 e. The first-order valence-electron chi connectivity index (χ1n) is 6.15. The predicted molar refractivity (Wildman–Crippen MR) is 77.1 cm³/mol. The van der Waals surface area contributed by atoms with Crippen LogP contribution in [0, 0.1) is 13.8 Å². The van der Waals surface area contributed by atoms with Crippen LogP contribution < -0.4 is 4.18 Å². The Balaban J connectivity index is 2.46. The van der Waals surface area contributed by atoms with Crippen molar-refractivity contribution in [1.29, 1.82) is 0 Å². The van der Waals surface area contributed by atoms with E-state index >= 15 is 0 Å². The molecule has 1 N–H and O–H groups in total. The molecule has 0 aromatic heterocycles. The van der Waals surface area contributed by atoms with Gasteiger partial charge in [0.05, 0.1) is 0 Å². The van der Waals surface area contributed by atoms with Crippen molar-refractivity contribution in [3.8, 4) is 5.75 Å². The van der Waals surface area contributed by atoms with Crippen molar-refractivity contribution >= 4 is 16.1 Å². The Bertz CT molecular complexity index is 776. The third-order valence-corrected chi connectivity index (χ3v) is 4.18. The molecule has 2 rings (SSSR count). The van der Waals surface area contributed by atoms with E-state index in [1.165, 1.54) is 24.3 Å². The summed E-state index contributed by atoms with van der Waals surface area (Å²) >= 11 is 0. The van der Waals surface area contributed by atoms with Gasteiger partial charge >= 0.3 is 16.1 Å². The Kier molecular flexibility index (Phi) is 3.99. The van der Waals surface area contributed by atoms with E-state index in [-0.39, 0.29) is 16.2 Å². The number of aryl methyl sites for hydroxylation is 2. The van der Waals surface area contributed by atoms with Gasteiger partial charge < -0.3 is 9.29 Å². The highest BCUT2D eigenvalue weighted by Gasteiger charge is 2.22. The minimum absolute atomic E-state index is 0.0207. The maximum atomic E-state index is 12.2. The Morgan fingerprint density at radius 1 is 1.05 bits per heavy atom. The molecule has 0 fully saturated rings. The number of carbonyl (C=O) groups is 1. The van der Waals surface area contributed by atoms with Crippen LogP contribution in [0.4, 0.5) is 0 Å². The molecule has 0 aliphatic rings. The number of rotatable bonds is 4. The van der Waals surface area contributed by atoms with Crippen molar-refractivity contribution in [3.05, 3.63) is 59.2 Å². The van der Waals surface area contributed by atoms with E-state index < -0.39 is 16.1 Å². The van der Waals surface area contributed by atoms with E-state index in [9.17, 15) is 13.2 Å². The smallest absolute Gasteiger partial charge is 0.339 e. The van der Waals surface area contributed by atoms with Crippen LogP contribution in [-0.2, 0) is 10.1 Å². The van der Waals surface area contributed by atoms with Gasteiger partial charge in [-0.15, -0.1) is 0 Å². The number of hydrogen-bond acceptors (Lipinski definition) is 4. The van der Waals surface area contributed by atoms with Gasteiger partial charge in [-0.3, -0.25) is 0 Å². The average Bonchev–Trinajstić information content (AvgIpc) is 2.41. The normalized spacial score (nSPS) is 11.1. The van der Waals surface area contributed by atoms with Crippen LogP contribution in [0.15, 0.2) is 47.4 Å². The van der Waals surface area contributed by atoms with Gasteiger partial charge in [-0.25, -0.2) is 4.79 Å². The minimum Gasteiger partial charge on any atom is -0.478 e. The summed E-state index contributed by atoms with van der Waals surface area (Å²) in [6, 6.07) is 10.6. The quantitative estimate of drug-likeness (QED) is 0.878. The number of aromatic carboxylic acids is 1. The van der Waals surface area contributed by atoms with Gasteiger partial charge in [0.2, 0.25) is 0 Å². The van der Waals surface area contributed by atoms with E-state index in [4.69, 9.17) is 9.29 Å². The summed E-state index contributed by atoms with van der Waals surface area (Å²) in [5.74, 6) is -1.40. The molecule has 21 heavy (non-hydrogen) atoms. The molecular weight excluding hydrogens is 292 g/mol. The van der Waals surface area contributed by atoms with Crippen LogP contribution in [0.5, 0.6) is 5.75 Å². The van der Waals surface area contributed by atoms with Crippen LogP contribution in [0.2, 0.25) is 0 Å². The fraction of sp³-hybridized carbons (Fsp3) is 0.133. The lowest BCUT2D eigenvalue weighted by Gasteiger charge is -2.12. The molecule has 5 nitrogen and oxygen atoms in total. The Hall–Kier alpha value is -2.34. The van der Waals surface area contributed by atoms with Gasteiger partial charge in [-0.05, 0) is 37.6 Å². The SMILES string of the molecule is Cc1ccc(S(=O)(=O)Oc2c(C)cccc2C(=O)O)cc1. The molecule has 0 aliphatic carbocycles. The highest BCUT2D eigenvalue weighted by Crippen LogP contribution is 2.27. The van der Waals surface area contributed by atoms with Gasteiger partial charge in [-0.1, -0.05) is 29.8 Å². The summed E-state index contributed by atoms with van der Waals surface area (Å²) in [5, 5.41) is 9.12. The molecule has 0 bridgehead atoms. The molecule has 6 heteroatoms. The number of benzene rings is 2. The highest BCUT2D eigenvalue weighted by molar-refractivity contribution is 7.87. The van der Waals surface area contributed by atoms with Crippen molar-refractivity contribution < 1.29 is 22.5 Å². The summed E-state index contributed by atoms with van der Waals surface area (Å²) < 4.78 is 29.5. The Labute approximate surface area is 122 Å². The topological polar surface area (TPSA) is 80.7 Å². The molecular formula is C15H14O5S. The third kappa shape index (κ3) is 3.22. The van der Waals surface area contributed by atoms with Gasteiger partial charge in [0.25, 0.3) is 0 Å². The summed E-state index contributed by atoms with van der Waals surface area (Å²) in [5.41, 5.74) is 1.16. The Morgan fingerprint density at radius 2 is 1.67 bits per heavy atom. The predicted octanol–water partition coefficient (Wildman–Crippen LogP) is 2.77. The lowest BCUT2D eigenvalue weighted by molar-refractivity contribution is 0.0695. The zero-order valence-corrected chi connectivity index (χ0v) is 12.3. The fourth-order valence-corrected chi connectivity index (χ4v) is 2.80. The maximum Gasteiger partial charge on any atom is 0.339 e. The maximum absolute atomic E-state index is 12.2. The summed E-state index contributed by atoms with van der Waals surface area (Å²) in [4.78, 5) is 11.1. The molecule has 2 aromatic rings. The van der Waals surface area contributed by atoms with Gasteiger partial charge in [-0.2, -0.15) is 8.42 Å². The van der Waals surface area contributed by atoms with Gasteiger partial charge in [0.15, 0.2) is 5.75 Å². The highest BCUT2D eigenvalue weighted by atomic mass is 32.2. The summed E-state index contributed by atoms with van der Waals surface area (Å²) in [6.45, 7) is 3.42. The second-order valence-electron chi connectivity index (χ2n) is 4.61. The van der Waals surface area contributed by atoms with Gasteiger partial charge in [0, 0.05) is 0 Å². The van der Waals surface area contributed by atoms with Gasteiger partial charge in [0.1, 0.15) is 10.5 Å². The second-order valence-corrected chi connectivity index (χ2v) is 6.15. The summed E-state index contributed by atoms with van der Waals surface area (Å²) in [6.07, 6.45) is 0. The molecule has 2 aromatic carbocycles. The molecule has 0 saturated heterocycles. The average molecular weight is 306 g/mol. The number of para-hydroxylation sites is 1. The van der Waals surface area contributed by atoms with Crippen molar-refractivity contribution in [1.82, 2.24) is 0 Å². The van der Waals surface area contributed by atoms with Crippen LogP contribution >= 0.6 is 0 Å². The lowest BCUT2D eigenvalue weighted by atomic mass is 10.1. The Morgan fingerprint density at radius 3 is 2.24 bits per heavy atom. The first-order valence-corrected chi connectivity index (χ1v) is 7.56. The van der Waals surface area contributed by atoms with Crippen LogP contribution in [-0.4, -0.2) is 19.5 Å². The van der Waals surface area contributed by atoms with E-state index in [0.717, 1.165) is 5.56 Å². The zero-order chi connectivity index (χ0) is 15.6. The minimum atomic E-state index is -4.07. The molecule has 110 valence electrons. The van der Waals surface area contributed by atoms with Crippen molar-refractivity contribution in [2.24, 2.45) is 0 Å². The van der Waals surface area contributed by atoms with E-state index in [1.807, 2.05) is 6.92 Å². The van der Waals surface area contributed by atoms with Crippen molar-refractivity contribution in [3.63, 3.8) is 0 Å². The molecule has 0 amide bonds. The summed E-state index contributed by atoms with van der Waals surface area (Å²) in [7, 11) is -4.07. The van der Waals surface area contributed by atoms with Crippen molar-refractivity contribution in [2.45, 2.75) is 18.7 Å². The molecule has 0 atom stereocenters. The molecule has 0 heterocycles. The van der Waals surface area contributed by atoms with E-state index in [1.54, 1.807) is 25.1 Å². The van der Waals surface area contributed by atoms with Crippen LogP contribution in [0.1, 0.15) is 21.5 Å². The molecule has 0 spiro atoms. The molecule has 0 radical (unpaired) electrons. The zero-order valence-electron chi connectivity index (χ0n) is 11.5.